The Morgan fingerprint density at radius 2 is 2.11 bits per heavy atom. The monoisotopic (exact) mass is 261 g/mol. The maximum absolute atomic E-state index is 12.2. The van der Waals surface area contributed by atoms with E-state index in [1.165, 1.54) is 32.4 Å². The van der Waals surface area contributed by atoms with Crippen LogP contribution >= 0.6 is 0 Å². The smallest absolute Gasteiger partial charge is 0.227 e. The van der Waals surface area contributed by atoms with Crippen molar-refractivity contribution in [3.63, 3.8) is 0 Å². The Kier molecular flexibility index (Phi) is 3.87. The van der Waals surface area contributed by atoms with Crippen molar-refractivity contribution in [2.75, 3.05) is 26.2 Å². The molecule has 2 N–H and O–H groups in total. The zero-order chi connectivity index (χ0) is 13.1. The molecule has 4 nitrogen and oxygen atoms in total. The molecule has 2 fully saturated rings. The molecular weight excluding hydrogens is 238 g/mol. The van der Waals surface area contributed by atoms with E-state index in [1.54, 1.807) is 0 Å². The predicted octanol–water partition coefficient (Wildman–Crippen LogP) is 1.41. The van der Waals surface area contributed by atoms with Gasteiger partial charge < -0.3 is 15.2 Å². The van der Waals surface area contributed by atoms with Gasteiger partial charge in [0.15, 0.2) is 0 Å². The fourth-order valence-corrected chi connectivity index (χ4v) is 3.45. The van der Waals surface area contributed by atoms with E-state index in [2.05, 4.69) is 10.3 Å². The SMILES string of the molecule is O=C(Cc1cc[nH]c1)N1CCC(C2CCNC2)CC1. The van der Waals surface area contributed by atoms with Crippen LogP contribution in [0.2, 0.25) is 0 Å². The Labute approximate surface area is 114 Å². The number of H-pyrrole nitrogens is 1. The number of carbonyl (C=O) groups is 1. The van der Waals surface area contributed by atoms with Crippen molar-refractivity contribution in [3.8, 4) is 0 Å². The zero-order valence-electron chi connectivity index (χ0n) is 11.4. The summed E-state index contributed by atoms with van der Waals surface area (Å²) in [5.41, 5.74) is 1.09. The van der Waals surface area contributed by atoms with Gasteiger partial charge in [-0.05, 0) is 55.8 Å². The standard InChI is InChI=1S/C15H23N3O/c19-15(9-12-1-5-16-10-12)18-7-3-13(4-8-18)14-2-6-17-11-14/h1,5,10,13-14,16-17H,2-4,6-9,11H2. The molecule has 0 aromatic carbocycles. The summed E-state index contributed by atoms with van der Waals surface area (Å²) in [7, 11) is 0. The van der Waals surface area contributed by atoms with E-state index < -0.39 is 0 Å². The number of nitrogens with one attached hydrogen (secondary N) is 2. The molecule has 1 aromatic rings. The second-order valence-electron chi connectivity index (χ2n) is 5.87. The average molecular weight is 261 g/mol. The van der Waals surface area contributed by atoms with Crippen LogP contribution < -0.4 is 5.32 Å². The summed E-state index contributed by atoms with van der Waals surface area (Å²) in [4.78, 5) is 17.2. The molecule has 0 spiro atoms. The minimum atomic E-state index is 0.280. The molecule has 2 aliphatic rings. The van der Waals surface area contributed by atoms with Crippen molar-refractivity contribution in [2.24, 2.45) is 11.8 Å². The quantitative estimate of drug-likeness (QED) is 0.864. The van der Waals surface area contributed by atoms with Crippen molar-refractivity contribution in [3.05, 3.63) is 24.0 Å². The van der Waals surface area contributed by atoms with Gasteiger partial charge >= 0.3 is 0 Å². The first-order valence-electron chi connectivity index (χ1n) is 7.43. The van der Waals surface area contributed by atoms with Crippen LogP contribution in [0.3, 0.4) is 0 Å². The first-order valence-corrected chi connectivity index (χ1v) is 7.43. The molecule has 4 heteroatoms. The van der Waals surface area contributed by atoms with Crippen molar-refractivity contribution in [1.29, 1.82) is 0 Å². The highest BCUT2D eigenvalue weighted by Gasteiger charge is 2.29. The topological polar surface area (TPSA) is 48.1 Å². The molecule has 1 amide bonds. The number of hydrogen-bond donors (Lipinski definition) is 2. The first-order chi connectivity index (χ1) is 9.33. The van der Waals surface area contributed by atoms with Crippen LogP contribution in [-0.4, -0.2) is 42.0 Å². The largest absolute Gasteiger partial charge is 0.367 e. The molecule has 2 saturated heterocycles. The summed E-state index contributed by atoms with van der Waals surface area (Å²) in [5, 5.41) is 3.45. The fourth-order valence-electron chi connectivity index (χ4n) is 3.45. The second kappa shape index (κ2) is 5.78. The van der Waals surface area contributed by atoms with Gasteiger partial charge in [-0.2, -0.15) is 0 Å². The fraction of sp³-hybridized carbons (Fsp3) is 0.667. The highest BCUT2D eigenvalue weighted by molar-refractivity contribution is 5.78. The van der Waals surface area contributed by atoms with Crippen molar-refractivity contribution >= 4 is 5.91 Å². The van der Waals surface area contributed by atoms with Gasteiger partial charge in [-0.15, -0.1) is 0 Å². The van der Waals surface area contributed by atoms with E-state index in [0.29, 0.717) is 6.42 Å². The Morgan fingerprint density at radius 1 is 1.26 bits per heavy atom. The van der Waals surface area contributed by atoms with Gasteiger partial charge in [0.25, 0.3) is 0 Å². The second-order valence-corrected chi connectivity index (χ2v) is 5.87. The zero-order valence-corrected chi connectivity index (χ0v) is 11.4. The Bertz CT molecular complexity index is 401. The molecule has 0 radical (unpaired) electrons. The Morgan fingerprint density at radius 3 is 2.74 bits per heavy atom. The molecule has 3 heterocycles. The van der Waals surface area contributed by atoms with Crippen LogP contribution in [0.25, 0.3) is 0 Å². The first kappa shape index (κ1) is 12.7. The van der Waals surface area contributed by atoms with Gasteiger partial charge in [0.2, 0.25) is 5.91 Å². The number of piperidine rings is 1. The number of likely N-dealkylation sites (tertiary alicyclic amines) is 1. The molecule has 3 rings (SSSR count). The number of hydrogen-bond acceptors (Lipinski definition) is 2. The van der Waals surface area contributed by atoms with Crippen LogP contribution in [0.4, 0.5) is 0 Å². The summed E-state index contributed by atoms with van der Waals surface area (Å²) in [6, 6.07) is 1.98. The maximum atomic E-state index is 12.2. The summed E-state index contributed by atoms with van der Waals surface area (Å²) in [5.74, 6) is 1.95. The molecule has 0 bridgehead atoms. The number of aromatic amines is 1. The Balaban J connectivity index is 1.48. The van der Waals surface area contributed by atoms with Crippen molar-refractivity contribution < 1.29 is 4.79 Å². The molecule has 1 aromatic heterocycles. The van der Waals surface area contributed by atoms with Gasteiger partial charge in [-0.25, -0.2) is 0 Å². The lowest BCUT2D eigenvalue weighted by atomic mass is 9.83. The van der Waals surface area contributed by atoms with Crippen LogP contribution in [-0.2, 0) is 11.2 Å². The third-order valence-electron chi connectivity index (χ3n) is 4.68. The molecule has 104 valence electrons. The lowest BCUT2D eigenvalue weighted by Gasteiger charge is -2.34. The van der Waals surface area contributed by atoms with E-state index in [1.807, 2.05) is 23.4 Å². The molecule has 0 aliphatic carbocycles. The number of amides is 1. The summed E-state index contributed by atoms with van der Waals surface area (Å²) in [6.07, 6.45) is 8.02. The van der Waals surface area contributed by atoms with Gasteiger partial charge in [0, 0.05) is 25.5 Å². The van der Waals surface area contributed by atoms with E-state index in [0.717, 1.165) is 30.5 Å². The summed E-state index contributed by atoms with van der Waals surface area (Å²) < 4.78 is 0. The minimum Gasteiger partial charge on any atom is -0.367 e. The van der Waals surface area contributed by atoms with Crippen LogP contribution in [0, 0.1) is 11.8 Å². The lowest BCUT2D eigenvalue weighted by molar-refractivity contribution is -0.132. The molecule has 19 heavy (non-hydrogen) atoms. The van der Waals surface area contributed by atoms with E-state index >= 15 is 0 Å². The van der Waals surface area contributed by atoms with Crippen LogP contribution in [0.5, 0.6) is 0 Å². The number of rotatable bonds is 3. The Hall–Kier alpha value is -1.29. The lowest BCUT2D eigenvalue weighted by Crippen LogP contribution is -2.41. The van der Waals surface area contributed by atoms with Crippen molar-refractivity contribution in [2.45, 2.75) is 25.7 Å². The third kappa shape index (κ3) is 3.00. The number of aromatic nitrogens is 1. The van der Waals surface area contributed by atoms with Crippen LogP contribution in [0.15, 0.2) is 18.5 Å². The van der Waals surface area contributed by atoms with Gasteiger partial charge in [-0.1, -0.05) is 0 Å². The van der Waals surface area contributed by atoms with E-state index in [4.69, 9.17) is 0 Å². The molecular formula is C15H23N3O. The molecule has 0 saturated carbocycles. The van der Waals surface area contributed by atoms with Gasteiger partial charge in [0.05, 0.1) is 6.42 Å². The predicted molar refractivity (Wildman–Crippen MR) is 74.8 cm³/mol. The van der Waals surface area contributed by atoms with E-state index in [-0.39, 0.29) is 5.91 Å². The summed E-state index contributed by atoms with van der Waals surface area (Å²) in [6.45, 7) is 4.26. The normalized spacial score (nSPS) is 24.8. The number of nitrogens with zero attached hydrogens (tertiary/aromatic N) is 1. The van der Waals surface area contributed by atoms with Gasteiger partial charge in [0.1, 0.15) is 0 Å². The molecule has 1 unspecified atom stereocenters. The minimum absolute atomic E-state index is 0.280. The van der Waals surface area contributed by atoms with Crippen LogP contribution in [0.1, 0.15) is 24.8 Å². The van der Waals surface area contributed by atoms with E-state index in [9.17, 15) is 4.79 Å². The van der Waals surface area contributed by atoms with Gasteiger partial charge in [-0.3, -0.25) is 4.79 Å². The number of carbonyl (C=O) groups excluding carboxylic acids is 1. The van der Waals surface area contributed by atoms with Crippen molar-refractivity contribution in [1.82, 2.24) is 15.2 Å². The molecule has 2 aliphatic heterocycles. The highest BCUT2D eigenvalue weighted by atomic mass is 16.2. The average Bonchev–Trinajstić information content (AvgIpc) is 3.12. The summed E-state index contributed by atoms with van der Waals surface area (Å²) >= 11 is 0. The maximum Gasteiger partial charge on any atom is 0.227 e. The molecule has 1 atom stereocenters. The highest BCUT2D eigenvalue weighted by Crippen LogP contribution is 2.29. The third-order valence-corrected chi connectivity index (χ3v) is 4.68.